The van der Waals surface area contributed by atoms with E-state index in [0.29, 0.717) is 5.84 Å². The summed E-state index contributed by atoms with van der Waals surface area (Å²) in [7, 11) is 0. The van der Waals surface area contributed by atoms with Crippen LogP contribution in [0.5, 0.6) is 0 Å². The Kier molecular flexibility index (Phi) is 5.54. The summed E-state index contributed by atoms with van der Waals surface area (Å²) in [6.45, 7) is 6.19. The predicted molar refractivity (Wildman–Crippen MR) is 108 cm³/mol. The fraction of sp³-hybridized carbons (Fsp3) is 0.136. The Hall–Kier alpha value is -3.27. The number of benzene rings is 3. The number of hydrogen-bond acceptors (Lipinski definition) is 3. The molecule has 0 aliphatic heterocycles. The van der Waals surface area contributed by atoms with Crippen molar-refractivity contribution in [2.45, 2.75) is 20.8 Å². The fourth-order valence-corrected chi connectivity index (χ4v) is 2.79. The molecule has 26 heavy (non-hydrogen) atoms. The minimum atomic E-state index is 0.536. The van der Waals surface area contributed by atoms with Gasteiger partial charge in [0.15, 0.2) is 0 Å². The zero-order valence-corrected chi connectivity index (χ0v) is 15.3. The number of aryl methyl sites for hydroxylation is 3. The summed E-state index contributed by atoms with van der Waals surface area (Å²) in [4.78, 5) is 0. The second kappa shape index (κ2) is 8.21. The smallest absolute Gasteiger partial charge is 0.201 e. The van der Waals surface area contributed by atoms with E-state index < -0.39 is 0 Å². The molecule has 0 aliphatic rings. The van der Waals surface area contributed by atoms with Crippen LogP contribution >= 0.6 is 0 Å². The number of anilines is 1. The normalized spacial score (nSPS) is 11.7. The third-order valence-corrected chi connectivity index (χ3v) is 3.98. The molecule has 0 heterocycles. The van der Waals surface area contributed by atoms with Crippen molar-refractivity contribution in [2.75, 3.05) is 5.43 Å². The average Bonchev–Trinajstić information content (AvgIpc) is 2.65. The summed E-state index contributed by atoms with van der Waals surface area (Å²) in [6.07, 6.45) is 0. The predicted octanol–water partition coefficient (Wildman–Crippen LogP) is 6.17. The molecule has 0 aliphatic carbocycles. The SMILES string of the molecule is Cc1cc(C)c(N=N/C(=N\Nc2ccccc2)c2ccccc2)c(C)c1. The van der Waals surface area contributed by atoms with Gasteiger partial charge in [-0.05, 0) is 44.0 Å². The molecule has 0 radical (unpaired) electrons. The summed E-state index contributed by atoms with van der Waals surface area (Å²) in [5, 5.41) is 13.4. The van der Waals surface area contributed by atoms with Crippen LogP contribution in [0.1, 0.15) is 22.3 Å². The van der Waals surface area contributed by atoms with Crippen LogP contribution in [0.15, 0.2) is 88.1 Å². The van der Waals surface area contributed by atoms with Gasteiger partial charge < -0.3 is 0 Å². The van der Waals surface area contributed by atoms with Gasteiger partial charge in [0.2, 0.25) is 5.84 Å². The average molecular weight is 342 g/mol. The number of para-hydroxylation sites is 1. The molecule has 0 fully saturated rings. The molecule has 3 rings (SSSR count). The van der Waals surface area contributed by atoms with Crippen molar-refractivity contribution in [3.05, 3.63) is 95.1 Å². The Labute approximate surface area is 154 Å². The topological polar surface area (TPSA) is 49.1 Å². The van der Waals surface area contributed by atoms with E-state index >= 15 is 0 Å². The zero-order valence-electron chi connectivity index (χ0n) is 15.3. The van der Waals surface area contributed by atoms with Crippen molar-refractivity contribution >= 4 is 17.2 Å². The van der Waals surface area contributed by atoms with Crippen molar-refractivity contribution in [3.8, 4) is 0 Å². The van der Waals surface area contributed by atoms with Crippen LogP contribution in [0, 0.1) is 20.8 Å². The standard InChI is InChI=1S/C22H22N4/c1-16-14-17(2)21(18(3)15-16)24-26-22(19-10-6-4-7-11-19)25-23-20-12-8-5-9-13-20/h4-15,23H,1-3H3/b25-22-,26-24?. The summed E-state index contributed by atoms with van der Waals surface area (Å²) in [6, 6.07) is 23.9. The molecule has 0 bridgehead atoms. The Morgan fingerprint density at radius 3 is 1.96 bits per heavy atom. The molecule has 0 amide bonds. The largest absolute Gasteiger partial charge is 0.276 e. The van der Waals surface area contributed by atoms with Crippen molar-refractivity contribution in [3.63, 3.8) is 0 Å². The lowest BCUT2D eigenvalue weighted by atomic mass is 10.1. The van der Waals surface area contributed by atoms with Gasteiger partial charge in [0.1, 0.15) is 0 Å². The molecule has 4 heteroatoms. The first-order valence-corrected chi connectivity index (χ1v) is 8.57. The highest BCUT2D eigenvalue weighted by Crippen LogP contribution is 2.25. The van der Waals surface area contributed by atoms with Crippen molar-refractivity contribution in [1.82, 2.24) is 0 Å². The maximum atomic E-state index is 4.49. The minimum absolute atomic E-state index is 0.536. The summed E-state index contributed by atoms with van der Waals surface area (Å²) in [5.41, 5.74) is 9.18. The van der Waals surface area contributed by atoms with Gasteiger partial charge in [0.05, 0.1) is 11.4 Å². The third-order valence-electron chi connectivity index (χ3n) is 3.98. The highest BCUT2D eigenvalue weighted by atomic mass is 15.3. The first-order valence-electron chi connectivity index (χ1n) is 8.57. The Bertz CT molecular complexity index is 906. The number of hydrogen-bond donors (Lipinski definition) is 1. The van der Waals surface area contributed by atoms with E-state index in [1.807, 2.05) is 60.7 Å². The monoisotopic (exact) mass is 342 g/mol. The van der Waals surface area contributed by atoms with Gasteiger partial charge in [-0.15, -0.1) is 10.2 Å². The summed E-state index contributed by atoms with van der Waals surface area (Å²) >= 11 is 0. The maximum Gasteiger partial charge on any atom is 0.201 e. The first-order chi connectivity index (χ1) is 12.6. The first kappa shape index (κ1) is 17.5. The van der Waals surface area contributed by atoms with E-state index in [1.54, 1.807) is 0 Å². The van der Waals surface area contributed by atoms with Gasteiger partial charge in [-0.1, -0.05) is 66.2 Å². The van der Waals surface area contributed by atoms with Crippen molar-refractivity contribution in [2.24, 2.45) is 15.3 Å². The molecule has 130 valence electrons. The summed E-state index contributed by atoms with van der Waals surface area (Å²) < 4.78 is 0. The molecular formula is C22H22N4. The van der Waals surface area contributed by atoms with Gasteiger partial charge >= 0.3 is 0 Å². The molecule has 3 aromatic carbocycles. The van der Waals surface area contributed by atoms with Gasteiger partial charge in [-0.25, -0.2) is 0 Å². The van der Waals surface area contributed by atoms with Gasteiger partial charge in [0.25, 0.3) is 0 Å². The quantitative estimate of drug-likeness (QED) is 0.262. The number of amidine groups is 1. The Morgan fingerprint density at radius 2 is 1.35 bits per heavy atom. The fourth-order valence-electron chi connectivity index (χ4n) is 2.79. The van der Waals surface area contributed by atoms with Crippen LogP contribution in [0.3, 0.4) is 0 Å². The van der Waals surface area contributed by atoms with E-state index in [2.05, 4.69) is 53.7 Å². The van der Waals surface area contributed by atoms with Gasteiger partial charge in [0, 0.05) is 5.56 Å². The van der Waals surface area contributed by atoms with Crippen LogP contribution in [0.4, 0.5) is 11.4 Å². The lowest BCUT2D eigenvalue weighted by Gasteiger charge is -2.06. The number of nitrogens with one attached hydrogen (secondary N) is 1. The number of hydrazone groups is 1. The van der Waals surface area contributed by atoms with E-state index in [-0.39, 0.29) is 0 Å². The van der Waals surface area contributed by atoms with E-state index in [4.69, 9.17) is 0 Å². The molecule has 0 spiro atoms. The number of azo groups is 1. The molecule has 1 N–H and O–H groups in total. The van der Waals surface area contributed by atoms with E-state index in [0.717, 1.165) is 28.1 Å². The molecule has 3 aromatic rings. The molecule has 0 unspecified atom stereocenters. The van der Waals surface area contributed by atoms with Gasteiger partial charge in [-0.2, -0.15) is 5.10 Å². The van der Waals surface area contributed by atoms with Crippen LogP contribution in [0.2, 0.25) is 0 Å². The second-order valence-corrected chi connectivity index (χ2v) is 6.23. The molecule has 0 atom stereocenters. The number of nitrogens with zero attached hydrogens (tertiary/aromatic N) is 3. The maximum absolute atomic E-state index is 4.49. The third kappa shape index (κ3) is 4.42. The molecular weight excluding hydrogens is 320 g/mol. The molecule has 0 aromatic heterocycles. The van der Waals surface area contributed by atoms with Crippen LogP contribution in [0.25, 0.3) is 0 Å². The number of rotatable bonds is 4. The van der Waals surface area contributed by atoms with E-state index in [1.165, 1.54) is 5.56 Å². The van der Waals surface area contributed by atoms with Crippen molar-refractivity contribution in [1.29, 1.82) is 0 Å². The minimum Gasteiger partial charge on any atom is -0.276 e. The van der Waals surface area contributed by atoms with Gasteiger partial charge in [-0.3, -0.25) is 5.43 Å². The lowest BCUT2D eigenvalue weighted by molar-refractivity contribution is 1.18. The van der Waals surface area contributed by atoms with Crippen LogP contribution in [-0.4, -0.2) is 5.84 Å². The van der Waals surface area contributed by atoms with Crippen LogP contribution in [-0.2, 0) is 0 Å². The molecule has 4 nitrogen and oxygen atoms in total. The zero-order chi connectivity index (χ0) is 18.4. The Balaban J connectivity index is 1.94. The summed E-state index contributed by atoms with van der Waals surface area (Å²) in [5.74, 6) is 0.536. The second-order valence-electron chi connectivity index (χ2n) is 6.23. The molecule has 0 saturated heterocycles. The van der Waals surface area contributed by atoms with Crippen LogP contribution < -0.4 is 5.43 Å². The lowest BCUT2D eigenvalue weighted by Crippen LogP contribution is -2.01. The van der Waals surface area contributed by atoms with Crippen molar-refractivity contribution < 1.29 is 0 Å². The van der Waals surface area contributed by atoms with E-state index in [9.17, 15) is 0 Å². The highest BCUT2D eigenvalue weighted by Gasteiger charge is 2.06. The highest BCUT2D eigenvalue weighted by molar-refractivity contribution is 5.99. The Morgan fingerprint density at radius 1 is 0.769 bits per heavy atom. The molecule has 0 saturated carbocycles.